The number of hydrogen-bond donors (Lipinski definition) is 1. The van der Waals surface area contributed by atoms with E-state index >= 15 is 0 Å². The van der Waals surface area contributed by atoms with E-state index < -0.39 is 0 Å². The molecule has 0 aromatic carbocycles. The highest BCUT2D eigenvalue weighted by Crippen LogP contribution is 2.65. The van der Waals surface area contributed by atoms with Crippen molar-refractivity contribution in [1.82, 2.24) is 10.2 Å². The molecule has 0 radical (unpaired) electrons. The lowest BCUT2D eigenvalue weighted by Gasteiger charge is -2.61. The number of nitrogens with one attached hydrogen (secondary N) is 1. The fourth-order valence-electron chi connectivity index (χ4n) is 6.83. The first-order valence-electron chi connectivity index (χ1n) is 8.99. The van der Waals surface area contributed by atoms with Crippen LogP contribution in [0.5, 0.6) is 0 Å². The van der Waals surface area contributed by atoms with Crippen LogP contribution in [0.25, 0.3) is 0 Å². The molecule has 1 N–H and O–H groups in total. The molecule has 0 spiro atoms. The average molecular weight is 290 g/mol. The minimum Gasteiger partial charge on any atom is -0.338 e. The Labute approximate surface area is 128 Å². The number of carbonyl (C=O) groups is 1. The molecule has 3 heteroatoms. The van der Waals surface area contributed by atoms with E-state index in [9.17, 15) is 4.79 Å². The summed E-state index contributed by atoms with van der Waals surface area (Å²) >= 11 is 0. The molecule has 5 rings (SSSR count). The first-order valence-corrected chi connectivity index (χ1v) is 8.99. The molecule has 4 aliphatic carbocycles. The molecular formula is C18H30N2O. The molecule has 5 fully saturated rings. The van der Waals surface area contributed by atoms with Gasteiger partial charge < -0.3 is 10.2 Å². The van der Waals surface area contributed by atoms with Gasteiger partial charge in [-0.25, -0.2) is 0 Å². The van der Waals surface area contributed by atoms with E-state index in [0.717, 1.165) is 24.9 Å². The van der Waals surface area contributed by atoms with Crippen molar-refractivity contribution >= 4 is 5.91 Å². The number of rotatable bonds is 3. The van der Waals surface area contributed by atoms with E-state index in [4.69, 9.17) is 0 Å². The molecule has 21 heavy (non-hydrogen) atoms. The lowest BCUT2D eigenvalue weighted by molar-refractivity contribution is -0.166. The minimum atomic E-state index is 0.0230. The Bertz CT molecular complexity index is 432. The van der Waals surface area contributed by atoms with E-state index in [2.05, 4.69) is 17.1 Å². The first-order chi connectivity index (χ1) is 10.0. The maximum atomic E-state index is 13.4. The predicted molar refractivity (Wildman–Crippen MR) is 83.9 cm³/mol. The maximum absolute atomic E-state index is 13.4. The van der Waals surface area contributed by atoms with Gasteiger partial charge in [-0.15, -0.1) is 0 Å². The van der Waals surface area contributed by atoms with Crippen LogP contribution in [0.15, 0.2) is 0 Å². The van der Waals surface area contributed by atoms with Gasteiger partial charge in [-0.05, 0) is 75.7 Å². The first kappa shape index (κ1) is 14.0. The van der Waals surface area contributed by atoms with Gasteiger partial charge in [-0.2, -0.15) is 0 Å². The van der Waals surface area contributed by atoms with Gasteiger partial charge in [0.05, 0.1) is 5.41 Å². The van der Waals surface area contributed by atoms with Crippen molar-refractivity contribution in [3.63, 3.8) is 0 Å². The van der Waals surface area contributed by atoms with Crippen LogP contribution in [-0.2, 0) is 4.79 Å². The zero-order valence-corrected chi connectivity index (χ0v) is 13.7. The van der Waals surface area contributed by atoms with E-state index in [1.54, 1.807) is 0 Å². The summed E-state index contributed by atoms with van der Waals surface area (Å²) in [6, 6.07) is 0.448. The lowest BCUT2D eigenvalue weighted by Crippen LogP contribution is -2.58. The fourth-order valence-corrected chi connectivity index (χ4v) is 6.83. The normalized spacial score (nSPS) is 48.1. The summed E-state index contributed by atoms with van der Waals surface area (Å²) in [5, 5.41) is 3.28. The molecule has 4 saturated carbocycles. The van der Waals surface area contributed by atoms with Crippen LogP contribution in [0.4, 0.5) is 0 Å². The van der Waals surface area contributed by atoms with Gasteiger partial charge in [0.2, 0.25) is 5.91 Å². The zero-order valence-electron chi connectivity index (χ0n) is 13.7. The van der Waals surface area contributed by atoms with Crippen molar-refractivity contribution < 1.29 is 4.79 Å². The summed E-state index contributed by atoms with van der Waals surface area (Å²) < 4.78 is 0. The van der Waals surface area contributed by atoms with Crippen molar-refractivity contribution in [2.75, 3.05) is 20.1 Å². The van der Waals surface area contributed by atoms with Crippen LogP contribution < -0.4 is 5.32 Å². The van der Waals surface area contributed by atoms with E-state index in [1.165, 1.54) is 51.4 Å². The monoisotopic (exact) mass is 290 g/mol. The summed E-state index contributed by atoms with van der Waals surface area (Å²) in [5.74, 6) is 2.21. The highest BCUT2D eigenvalue weighted by molar-refractivity contribution is 5.84. The summed E-state index contributed by atoms with van der Waals surface area (Å²) in [7, 11) is 2.01. The Morgan fingerprint density at radius 3 is 2.57 bits per heavy atom. The minimum absolute atomic E-state index is 0.0230. The molecular weight excluding hydrogens is 260 g/mol. The molecule has 3 nitrogen and oxygen atoms in total. The highest BCUT2D eigenvalue weighted by atomic mass is 16.2. The van der Waals surface area contributed by atoms with Gasteiger partial charge in [0.1, 0.15) is 0 Å². The molecule has 0 aromatic rings. The van der Waals surface area contributed by atoms with Crippen LogP contribution >= 0.6 is 0 Å². The van der Waals surface area contributed by atoms with Gasteiger partial charge in [0.25, 0.3) is 0 Å². The Hall–Kier alpha value is -0.570. The van der Waals surface area contributed by atoms with Crippen molar-refractivity contribution in [2.45, 2.75) is 64.3 Å². The van der Waals surface area contributed by atoms with Gasteiger partial charge in [0, 0.05) is 19.1 Å². The molecule has 1 amide bonds. The van der Waals surface area contributed by atoms with Crippen LogP contribution in [0.3, 0.4) is 0 Å². The Balaban J connectivity index is 1.59. The van der Waals surface area contributed by atoms with Crippen LogP contribution in [0, 0.1) is 22.7 Å². The highest BCUT2D eigenvalue weighted by Gasteiger charge is 2.60. The second kappa shape index (κ2) is 4.71. The largest absolute Gasteiger partial charge is 0.338 e. The smallest absolute Gasteiger partial charge is 0.229 e. The fraction of sp³-hybridized carbons (Fsp3) is 0.944. The summed E-state index contributed by atoms with van der Waals surface area (Å²) in [6.07, 6.45) is 10.1. The zero-order chi connectivity index (χ0) is 14.7. The van der Waals surface area contributed by atoms with Gasteiger partial charge in [-0.1, -0.05) is 6.92 Å². The average Bonchev–Trinajstić information content (AvgIpc) is 2.83. The predicted octanol–water partition coefficient (Wildman–Crippen LogP) is 2.80. The maximum Gasteiger partial charge on any atom is 0.229 e. The van der Waals surface area contributed by atoms with Gasteiger partial charge in [0.15, 0.2) is 0 Å². The van der Waals surface area contributed by atoms with Crippen LogP contribution in [0.2, 0.25) is 0 Å². The van der Waals surface area contributed by atoms with E-state index in [1.807, 2.05) is 7.05 Å². The number of nitrogens with zero attached hydrogens (tertiary/aromatic N) is 1. The lowest BCUT2D eigenvalue weighted by atomic mass is 9.44. The van der Waals surface area contributed by atoms with Gasteiger partial charge in [-0.3, -0.25) is 4.79 Å². The number of likely N-dealkylation sites (N-methyl/N-ethyl adjacent to an activating group) is 1. The van der Waals surface area contributed by atoms with E-state index in [0.29, 0.717) is 17.4 Å². The second-order valence-corrected chi connectivity index (χ2v) is 8.90. The second-order valence-electron chi connectivity index (χ2n) is 8.90. The summed E-state index contributed by atoms with van der Waals surface area (Å²) in [5.41, 5.74) is 0.493. The Kier molecular flexibility index (Phi) is 3.15. The molecule has 3 atom stereocenters. The molecule has 5 aliphatic rings. The molecule has 1 saturated heterocycles. The van der Waals surface area contributed by atoms with Gasteiger partial charge >= 0.3 is 0 Å². The Morgan fingerprint density at radius 2 is 1.95 bits per heavy atom. The SMILES string of the molecule is CNCC1CCCN1C(=O)C12CC3CC(CC(C)(C3)C1)C2. The summed E-state index contributed by atoms with van der Waals surface area (Å²) in [4.78, 5) is 15.7. The van der Waals surface area contributed by atoms with Crippen molar-refractivity contribution in [2.24, 2.45) is 22.7 Å². The molecule has 1 aliphatic heterocycles. The third kappa shape index (κ3) is 2.15. The quantitative estimate of drug-likeness (QED) is 0.867. The van der Waals surface area contributed by atoms with Crippen molar-refractivity contribution in [3.05, 3.63) is 0 Å². The Morgan fingerprint density at radius 1 is 1.24 bits per heavy atom. The summed E-state index contributed by atoms with van der Waals surface area (Å²) in [6.45, 7) is 4.42. The molecule has 0 aromatic heterocycles. The molecule has 118 valence electrons. The number of hydrogen-bond acceptors (Lipinski definition) is 2. The van der Waals surface area contributed by atoms with Crippen LogP contribution in [0.1, 0.15) is 58.3 Å². The van der Waals surface area contributed by atoms with Crippen LogP contribution in [-0.4, -0.2) is 37.0 Å². The standard InChI is InChI=1S/C18H30N2O/c1-17-7-13-6-14(8-17)10-18(9-13,12-17)16(21)20-5-3-4-15(20)11-19-2/h13-15,19H,3-12H2,1-2H3. The topological polar surface area (TPSA) is 32.3 Å². The van der Waals surface area contributed by atoms with Crippen molar-refractivity contribution in [1.29, 1.82) is 0 Å². The third-order valence-electron chi connectivity index (χ3n) is 6.89. The molecule has 3 unspecified atom stereocenters. The molecule has 4 bridgehead atoms. The van der Waals surface area contributed by atoms with Crippen molar-refractivity contribution in [3.8, 4) is 0 Å². The molecule has 1 heterocycles. The number of carbonyl (C=O) groups excluding carboxylic acids is 1. The third-order valence-corrected chi connectivity index (χ3v) is 6.89. The number of amides is 1. The van der Waals surface area contributed by atoms with E-state index in [-0.39, 0.29) is 5.41 Å². The number of likely N-dealkylation sites (tertiary alicyclic amines) is 1.